The number of rotatable bonds is 5. The molecule has 4 heteroatoms. The van der Waals surface area contributed by atoms with E-state index in [-0.39, 0.29) is 11.9 Å². The quantitative estimate of drug-likeness (QED) is 0.879. The van der Waals surface area contributed by atoms with E-state index < -0.39 is 0 Å². The molecule has 1 N–H and O–H groups in total. The molecule has 1 aromatic carbocycles. The lowest BCUT2D eigenvalue weighted by Crippen LogP contribution is -2.23. The molecule has 0 radical (unpaired) electrons. The van der Waals surface area contributed by atoms with Crippen LogP contribution in [-0.2, 0) is 13.5 Å². The second-order valence-corrected chi connectivity index (χ2v) is 4.35. The van der Waals surface area contributed by atoms with E-state index in [0.717, 1.165) is 24.2 Å². The summed E-state index contributed by atoms with van der Waals surface area (Å²) in [5, 5.41) is 7.78. The summed E-state index contributed by atoms with van der Waals surface area (Å²) < 4.78 is 14.7. The van der Waals surface area contributed by atoms with Gasteiger partial charge in [0.25, 0.3) is 0 Å². The van der Waals surface area contributed by atoms with Gasteiger partial charge in [-0.15, -0.1) is 0 Å². The third-order valence-electron chi connectivity index (χ3n) is 2.91. The van der Waals surface area contributed by atoms with E-state index in [9.17, 15) is 4.39 Å². The number of nitrogens with one attached hydrogen (secondary N) is 1. The van der Waals surface area contributed by atoms with Crippen molar-refractivity contribution in [2.75, 3.05) is 6.54 Å². The van der Waals surface area contributed by atoms with Gasteiger partial charge in [0.15, 0.2) is 0 Å². The lowest BCUT2D eigenvalue weighted by Gasteiger charge is -2.17. The highest BCUT2D eigenvalue weighted by atomic mass is 19.1. The van der Waals surface area contributed by atoms with Gasteiger partial charge in [0.1, 0.15) is 5.82 Å². The molecular formula is C14H18FN3. The van der Waals surface area contributed by atoms with E-state index in [0.29, 0.717) is 0 Å². The van der Waals surface area contributed by atoms with Gasteiger partial charge in [0.05, 0.1) is 5.69 Å². The van der Waals surface area contributed by atoms with Crippen molar-refractivity contribution in [3.05, 3.63) is 53.6 Å². The van der Waals surface area contributed by atoms with Crippen LogP contribution in [0.5, 0.6) is 0 Å². The second kappa shape index (κ2) is 5.78. The summed E-state index contributed by atoms with van der Waals surface area (Å²) in [5.41, 5.74) is 2.12. The molecule has 1 heterocycles. The molecular weight excluding hydrogens is 229 g/mol. The van der Waals surface area contributed by atoms with E-state index in [1.807, 2.05) is 31.4 Å². The Labute approximate surface area is 107 Å². The number of hydrogen-bond donors (Lipinski definition) is 1. The average molecular weight is 247 g/mol. The fourth-order valence-electron chi connectivity index (χ4n) is 2.03. The summed E-state index contributed by atoms with van der Waals surface area (Å²) in [7, 11) is 1.91. The minimum absolute atomic E-state index is 0.172. The third kappa shape index (κ3) is 3.17. The first kappa shape index (κ1) is 12.8. The predicted molar refractivity (Wildman–Crippen MR) is 69.7 cm³/mol. The zero-order chi connectivity index (χ0) is 13.0. The van der Waals surface area contributed by atoms with Crippen molar-refractivity contribution < 1.29 is 4.39 Å². The zero-order valence-corrected chi connectivity index (χ0v) is 10.7. The summed E-state index contributed by atoms with van der Waals surface area (Å²) in [6.07, 6.45) is 2.74. The fraction of sp³-hybridized carbons (Fsp3) is 0.357. The maximum Gasteiger partial charge on any atom is 0.123 e. The molecule has 0 fully saturated rings. The standard InChI is InChI=1S/C14H18FN3/c1-3-16-14(10-13-8-9-18(2)17-13)11-4-6-12(15)7-5-11/h4-9,14,16H,3,10H2,1-2H3. The number of hydrogen-bond acceptors (Lipinski definition) is 2. The van der Waals surface area contributed by atoms with Crippen LogP contribution < -0.4 is 5.32 Å². The average Bonchev–Trinajstić information content (AvgIpc) is 2.75. The number of aromatic nitrogens is 2. The van der Waals surface area contributed by atoms with Crippen molar-refractivity contribution in [3.8, 4) is 0 Å². The van der Waals surface area contributed by atoms with Gasteiger partial charge in [-0.2, -0.15) is 5.10 Å². The topological polar surface area (TPSA) is 29.9 Å². The minimum atomic E-state index is -0.202. The van der Waals surface area contributed by atoms with Crippen LogP contribution in [0.2, 0.25) is 0 Å². The van der Waals surface area contributed by atoms with Crippen molar-refractivity contribution in [1.29, 1.82) is 0 Å². The van der Waals surface area contributed by atoms with Crippen molar-refractivity contribution in [3.63, 3.8) is 0 Å². The van der Waals surface area contributed by atoms with Crippen LogP contribution in [0, 0.1) is 5.82 Å². The van der Waals surface area contributed by atoms with Crippen LogP contribution in [-0.4, -0.2) is 16.3 Å². The van der Waals surface area contributed by atoms with Gasteiger partial charge in [-0.3, -0.25) is 4.68 Å². The van der Waals surface area contributed by atoms with Crippen LogP contribution in [0.15, 0.2) is 36.5 Å². The van der Waals surface area contributed by atoms with Crippen LogP contribution in [0.25, 0.3) is 0 Å². The molecule has 0 aliphatic heterocycles. The van der Waals surface area contributed by atoms with E-state index >= 15 is 0 Å². The molecule has 2 aromatic rings. The molecule has 0 amide bonds. The molecule has 0 aliphatic carbocycles. The van der Waals surface area contributed by atoms with Crippen LogP contribution >= 0.6 is 0 Å². The van der Waals surface area contributed by atoms with Crippen LogP contribution in [0.3, 0.4) is 0 Å². The van der Waals surface area contributed by atoms with Crippen LogP contribution in [0.1, 0.15) is 24.2 Å². The smallest absolute Gasteiger partial charge is 0.123 e. The Bertz CT molecular complexity index is 490. The van der Waals surface area contributed by atoms with Crippen molar-refractivity contribution in [2.45, 2.75) is 19.4 Å². The summed E-state index contributed by atoms with van der Waals surface area (Å²) in [6, 6.07) is 8.83. The van der Waals surface area contributed by atoms with E-state index in [1.165, 1.54) is 12.1 Å². The molecule has 0 bridgehead atoms. The highest BCUT2D eigenvalue weighted by Crippen LogP contribution is 2.18. The van der Waals surface area contributed by atoms with Gasteiger partial charge < -0.3 is 5.32 Å². The Balaban J connectivity index is 2.14. The maximum absolute atomic E-state index is 12.9. The van der Waals surface area contributed by atoms with Crippen molar-refractivity contribution in [2.24, 2.45) is 7.05 Å². The zero-order valence-electron chi connectivity index (χ0n) is 10.7. The maximum atomic E-state index is 12.9. The minimum Gasteiger partial charge on any atom is -0.310 e. The first-order valence-electron chi connectivity index (χ1n) is 6.16. The molecule has 0 spiro atoms. The second-order valence-electron chi connectivity index (χ2n) is 4.35. The number of benzene rings is 1. The number of likely N-dealkylation sites (N-methyl/N-ethyl adjacent to an activating group) is 1. The van der Waals surface area contributed by atoms with Crippen molar-refractivity contribution >= 4 is 0 Å². The third-order valence-corrected chi connectivity index (χ3v) is 2.91. The Morgan fingerprint density at radius 3 is 2.56 bits per heavy atom. The lowest BCUT2D eigenvalue weighted by atomic mass is 10.0. The molecule has 2 rings (SSSR count). The molecule has 1 atom stereocenters. The van der Waals surface area contributed by atoms with E-state index in [2.05, 4.69) is 17.3 Å². The van der Waals surface area contributed by atoms with Gasteiger partial charge in [-0.05, 0) is 30.3 Å². The SMILES string of the molecule is CCNC(Cc1ccn(C)n1)c1ccc(F)cc1. The van der Waals surface area contributed by atoms with E-state index in [1.54, 1.807) is 4.68 Å². The first-order chi connectivity index (χ1) is 8.69. The predicted octanol–water partition coefficient (Wildman–Crippen LogP) is 2.45. The molecule has 0 aliphatic rings. The number of halogens is 1. The van der Waals surface area contributed by atoms with Gasteiger partial charge in [-0.25, -0.2) is 4.39 Å². The van der Waals surface area contributed by atoms with Gasteiger partial charge in [0.2, 0.25) is 0 Å². The summed E-state index contributed by atoms with van der Waals surface area (Å²) in [5.74, 6) is -0.202. The Morgan fingerprint density at radius 2 is 2.00 bits per heavy atom. The Hall–Kier alpha value is -1.68. The summed E-state index contributed by atoms with van der Waals surface area (Å²) >= 11 is 0. The molecule has 96 valence electrons. The van der Waals surface area contributed by atoms with Gasteiger partial charge in [0, 0.05) is 25.7 Å². The Morgan fingerprint density at radius 1 is 1.28 bits per heavy atom. The first-order valence-corrected chi connectivity index (χ1v) is 6.16. The molecule has 3 nitrogen and oxygen atoms in total. The summed E-state index contributed by atoms with van der Waals surface area (Å²) in [4.78, 5) is 0. The van der Waals surface area contributed by atoms with Gasteiger partial charge >= 0.3 is 0 Å². The molecule has 1 unspecified atom stereocenters. The lowest BCUT2D eigenvalue weighted by molar-refractivity contribution is 0.538. The molecule has 1 aromatic heterocycles. The largest absolute Gasteiger partial charge is 0.310 e. The molecule has 0 saturated carbocycles. The van der Waals surface area contributed by atoms with Crippen LogP contribution in [0.4, 0.5) is 4.39 Å². The monoisotopic (exact) mass is 247 g/mol. The normalized spacial score (nSPS) is 12.6. The van der Waals surface area contributed by atoms with E-state index in [4.69, 9.17) is 0 Å². The highest BCUT2D eigenvalue weighted by Gasteiger charge is 2.12. The fourth-order valence-corrected chi connectivity index (χ4v) is 2.03. The highest BCUT2D eigenvalue weighted by molar-refractivity contribution is 5.21. The number of aryl methyl sites for hydroxylation is 1. The molecule has 0 saturated heterocycles. The Kier molecular flexibility index (Phi) is 4.10. The van der Waals surface area contributed by atoms with Crippen molar-refractivity contribution in [1.82, 2.24) is 15.1 Å². The molecule has 18 heavy (non-hydrogen) atoms. The number of nitrogens with zero attached hydrogens (tertiary/aromatic N) is 2. The summed E-state index contributed by atoms with van der Waals surface area (Å²) in [6.45, 7) is 2.93. The van der Waals surface area contributed by atoms with Gasteiger partial charge in [-0.1, -0.05) is 19.1 Å².